The van der Waals surface area contributed by atoms with Crippen molar-refractivity contribution in [1.29, 1.82) is 0 Å². The van der Waals surface area contributed by atoms with Crippen LogP contribution in [-0.4, -0.2) is 44.3 Å². The van der Waals surface area contributed by atoms with Crippen molar-refractivity contribution in [2.24, 2.45) is 0 Å². The van der Waals surface area contributed by atoms with E-state index in [1.807, 2.05) is 13.8 Å². The summed E-state index contributed by atoms with van der Waals surface area (Å²) in [5.74, 6) is -0.114. The van der Waals surface area contributed by atoms with E-state index in [4.69, 9.17) is 4.74 Å². The molecule has 0 bridgehead atoms. The van der Waals surface area contributed by atoms with Gasteiger partial charge in [-0.2, -0.15) is 4.98 Å². The molecule has 3 rings (SSSR count). The van der Waals surface area contributed by atoms with Crippen molar-refractivity contribution < 1.29 is 14.3 Å². The van der Waals surface area contributed by atoms with Crippen molar-refractivity contribution in [3.8, 4) is 0 Å². The second-order valence-electron chi connectivity index (χ2n) is 5.07. The van der Waals surface area contributed by atoms with Gasteiger partial charge in [0.2, 0.25) is 11.1 Å². The van der Waals surface area contributed by atoms with E-state index in [-0.39, 0.29) is 11.7 Å². The lowest BCUT2D eigenvalue weighted by atomic mass is 10.1. The van der Waals surface area contributed by atoms with Gasteiger partial charge in [0, 0.05) is 17.3 Å². The summed E-state index contributed by atoms with van der Waals surface area (Å²) in [6, 6.07) is 1.75. The van der Waals surface area contributed by atoms with Gasteiger partial charge in [-0.1, -0.05) is 11.8 Å². The van der Waals surface area contributed by atoms with E-state index < -0.39 is 5.97 Å². The Bertz CT molecular complexity index is 917. The van der Waals surface area contributed by atoms with Crippen LogP contribution >= 0.6 is 23.1 Å². The molecule has 0 radical (unpaired) electrons. The number of thioether (sulfide) groups is 1. The number of aromatic nitrogens is 4. The predicted octanol–water partition coefficient (Wildman–Crippen LogP) is 2.32. The number of aryl methyl sites for hydroxylation is 1. The standard InChI is InChI=1S/C15H15N5O3S2/c1-8-9(2)25-12(11(8)13(22)23-3)17-10(21)7-24-15-18-14-16-5-4-6-20(14)19-15/h4-6H,7H2,1-3H3,(H,17,21). The maximum atomic E-state index is 12.2. The molecule has 0 aliphatic rings. The highest BCUT2D eigenvalue weighted by Crippen LogP contribution is 2.33. The number of anilines is 1. The predicted molar refractivity (Wildman–Crippen MR) is 95.3 cm³/mol. The van der Waals surface area contributed by atoms with Crippen LogP contribution in [0.3, 0.4) is 0 Å². The van der Waals surface area contributed by atoms with E-state index in [2.05, 4.69) is 20.4 Å². The molecular weight excluding hydrogens is 362 g/mol. The highest BCUT2D eigenvalue weighted by atomic mass is 32.2. The number of nitrogens with one attached hydrogen (secondary N) is 1. The van der Waals surface area contributed by atoms with E-state index in [1.165, 1.54) is 30.2 Å². The number of rotatable bonds is 5. The third-order valence-electron chi connectivity index (χ3n) is 3.46. The first kappa shape index (κ1) is 17.4. The van der Waals surface area contributed by atoms with Crippen LogP contribution in [0.15, 0.2) is 23.6 Å². The summed E-state index contributed by atoms with van der Waals surface area (Å²) in [5, 5.41) is 7.95. The zero-order chi connectivity index (χ0) is 18.0. The van der Waals surface area contributed by atoms with E-state index >= 15 is 0 Å². The summed E-state index contributed by atoms with van der Waals surface area (Å²) in [7, 11) is 1.32. The van der Waals surface area contributed by atoms with Gasteiger partial charge in [-0.05, 0) is 25.5 Å². The molecule has 0 aliphatic carbocycles. The molecule has 1 amide bonds. The average molecular weight is 377 g/mol. The lowest BCUT2D eigenvalue weighted by Crippen LogP contribution is -2.16. The third kappa shape index (κ3) is 3.64. The summed E-state index contributed by atoms with van der Waals surface area (Å²) >= 11 is 2.55. The molecule has 0 saturated carbocycles. The first-order valence-corrected chi connectivity index (χ1v) is 9.08. The first-order chi connectivity index (χ1) is 12.0. The van der Waals surface area contributed by atoms with Gasteiger partial charge in [0.15, 0.2) is 0 Å². The number of carbonyl (C=O) groups excluding carboxylic acids is 2. The fraction of sp³-hybridized carbons (Fsp3) is 0.267. The molecule has 0 aromatic carbocycles. The van der Waals surface area contributed by atoms with Gasteiger partial charge in [0.25, 0.3) is 5.78 Å². The minimum Gasteiger partial charge on any atom is -0.465 e. The summed E-state index contributed by atoms with van der Waals surface area (Å²) in [6.45, 7) is 3.72. The SMILES string of the molecule is COC(=O)c1c(NC(=O)CSc2nc3ncccn3n2)sc(C)c1C. The van der Waals surface area contributed by atoms with Crippen molar-refractivity contribution in [2.75, 3.05) is 18.2 Å². The van der Waals surface area contributed by atoms with E-state index in [0.717, 1.165) is 10.4 Å². The molecule has 0 spiro atoms. The second-order valence-corrected chi connectivity index (χ2v) is 7.24. The topological polar surface area (TPSA) is 98.5 Å². The van der Waals surface area contributed by atoms with Crippen LogP contribution in [0.4, 0.5) is 5.00 Å². The van der Waals surface area contributed by atoms with Crippen LogP contribution < -0.4 is 5.32 Å². The Morgan fingerprint density at radius 1 is 1.40 bits per heavy atom. The van der Waals surface area contributed by atoms with Crippen LogP contribution in [0.5, 0.6) is 0 Å². The first-order valence-electron chi connectivity index (χ1n) is 7.28. The van der Waals surface area contributed by atoms with Crippen molar-refractivity contribution in [3.63, 3.8) is 0 Å². The van der Waals surface area contributed by atoms with Crippen molar-refractivity contribution in [2.45, 2.75) is 19.0 Å². The van der Waals surface area contributed by atoms with Crippen LogP contribution in [0.2, 0.25) is 0 Å². The van der Waals surface area contributed by atoms with E-state index in [9.17, 15) is 9.59 Å². The fourth-order valence-corrected chi connectivity index (χ4v) is 3.82. The molecule has 130 valence electrons. The smallest absolute Gasteiger partial charge is 0.341 e. The van der Waals surface area contributed by atoms with Gasteiger partial charge >= 0.3 is 5.97 Å². The number of ether oxygens (including phenoxy) is 1. The lowest BCUT2D eigenvalue weighted by Gasteiger charge is -2.05. The Kier molecular flexibility index (Phi) is 5.00. The second kappa shape index (κ2) is 7.19. The normalized spacial score (nSPS) is 10.8. The van der Waals surface area contributed by atoms with Gasteiger partial charge in [0.05, 0.1) is 18.4 Å². The summed E-state index contributed by atoms with van der Waals surface area (Å²) < 4.78 is 6.34. The monoisotopic (exact) mass is 377 g/mol. The Balaban J connectivity index is 1.68. The Morgan fingerprint density at radius 2 is 2.20 bits per heavy atom. The van der Waals surface area contributed by atoms with Crippen molar-refractivity contribution >= 4 is 45.8 Å². The maximum Gasteiger partial charge on any atom is 0.341 e. The minimum absolute atomic E-state index is 0.119. The maximum absolute atomic E-state index is 12.2. The highest BCUT2D eigenvalue weighted by Gasteiger charge is 2.21. The molecule has 0 aliphatic heterocycles. The number of amides is 1. The minimum atomic E-state index is -0.460. The summed E-state index contributed by atoms with van der Waals surface area (Å²) in [5.41, 5.74) is 1.21. The number of carbonyl (C=O) groups is 2. The zero-order valence-corrected chi connectivity index (χ0v) is 15.4. The molecule has 0 atom stereocenters. The number of esters is 1. The van der Waals surface area contributed by atoms with E-state index in [1.54, 1.807) is 23.0 Å². The van der Waals surface area contributed by atoms with Gasteiger partial charge in [-0.3, -0.25) is 4.79 Å². The molecule has 8 nitrogen and oxygen atoms in total. The van der Waals surface area contributed by atoms with Crippen molar-refractivity contribution in [1.82, 2.24) is 19.6 Å². The van der Waals surface area contributed by atoms with Gasteiger partial charge in [0.1, 0.15) is 5.00 Å². The molecule has 3 aromatic rings. The number of thiophene rings is 1. The average Bonchev–Trinajstić information content (AvgIpc) is 3.13. The van der Waals surface area contributed by atoms with Crippen LogP contribution in [0.1, 0.15) is 20.8 Å². The Labute approximate surface area is 151 Å². The van der Waals surface area contributed by atoms with E-state index in [0.29, 0.717) is 21.5 Å². The molecule has 10 heteroatoms. The molecule has 0 fully saturated rings. The molecule has 0 saturated heterocycles. The summed E-state index contributed by atoms with van der Waals surface area (Å²) in [6.07, 6.45) is 3.36. The molecule has 1 N–H and O–H groups in total. The fourth-order valence-electron chi connectivity index (χ4n) is 2.13. The van der Waals surface area contributed by atoms with Gasteiger partial charge in [-0.25, -0.2) is 14.3 Å². The number of fused-ring (bicyclic) bond motifs is 1. The molecule has 3 heterocycles. The zero-order valence-electron chi connectivity index (χ0n) is 13.8. The quantitative estimate of drug-likeness (QED) is 0.538. The molecule has 0 unspecified atom stereocenters. The summed E-state index contributed by atoms with van der Waals surface area (Å²) in [4.78, 5) is 33.4. The number of nitrogens with zero attached hydrogens (tertiary/aromatic N) is 4. The third-order valence-corrected chi connectivity index (χ3v) is 5.42. The van der Waals surface area contributed by atoms with Gasteiger partial charge in [-0.15, -0.1) is 16.4 Å². The molecule has 3 aromatic heterocycles. The number of hydrogen-bond donors (Lipinski definition) is 1. The Morgan fingerprint density at radius 3 is 2.92 bits per heavy atom. The number of methoxy groups -OCH3 is 1. The molecule has 25 heavy (non-hydrogen) atoms. The highest BCUT2D eigenvalue weighted by molar-refractivity contribution is 7.99. The van der Waals surface area contributed by atoms with Crippen LogP contribution in [0.25, 0.3) is 5.78 Å². The number of hydrogen-bond acceptors (Lipinski definition) is 8. The Hall–Kier alpha value is -2.46. The van der Waals surface area contributed by atoms with Crippen LogP contribution in [-0.2, 0) is 9.53 Å². The molecular formula is C15H15N5O3S2. The van der Waals surface area contributed by atoms with Crippen LogP contribution in [0, 0.1) is 13.8 Å². The van der Waals surface area contributed by atoms with Crippen molar-refractivity contribution in [3.05, 3.63) is 34.5 Å². The largest absolute Gasteiger partial charge is 0.465 e. The van der Waals surface area contributed by atoms with Gasteiger partial charge < -0.3 is 10.1 Å². The lowest BCUT2D eigenvalue weighted by molar-refractivity contribution is -0.113.